The van der Waals surface area contributed by atoms with E-state index >= 15 is 0 Å². The van der Waals surface area contributed by atoms with E-state index in [-0.39, 0.29) is 10.8 Å². The molecule has 0 aliphatic heterocycles. The lowest BCUT2D eigenvalue weighted by Crippen LogP contribution is -2.15. The molecule has 0 radical (unpaired) electrons. The molecule has 2 heterocycles. The number of para-hydroxylation sites is 1. The summed E-state index contributed by atoms with van der Waals surface area (Å²) >= 11 is 3.26. The van der Waals surface area contributed by atoms with Crippen LogP contribution >= 0.6 is 22.7 Å². The van der Waals surface area contributed by atoms with Crippen molar-refractivity contribution >= 4 is 59.5 Å². The Bertz CT molecular complexity index is 1790. The Kier molecular flexibility index (Phi) is 7.07. The minimum atomic E-state index is -3.84. The summed E-state index contributed by atoms with van der Waals surface area (Å²) in [5.74, 6) is 0.848. The number of nitrogens with zero attached hydrogens (tertiary/aromatic N) is 1. The van der Waals surface area contributed by atoms with Gasteiger partial charge in [0, 0.05) is 21.7 Å². The zero-order chi connectivity index (χ0) is 27.9. The molecular weight excluding hydrogens is 563 g/mol. The molecule has 1 aliphatic carbocycles. The average molecular weight is 590 g/mol. The molecule has 0 bridgehead atoms. The third-order valence-corrected chi connectivity index (χ3v) is 10.6. The van der Waals surface area contributed by atoms with Crippen molar-refractivity contribution in [2.75, 3.05) is 17.1 Å². The fourth-order valence-electron chi connectivity index (χ4n) is 4.91. The molecule has 10 heteroatoms. The van der Waals surface area contributed by atoms with Crippen LogP contribution in [0.3, 0.4) is 0 Å². The summed E-state index contributed by atoms with van der Waals surface area (Å²) in [6.07, 6.45) is 3.04. The summed E-state index contributed by atoms with van der Waals surface area (Å²) in [6.45, 7) is 2.26. The lowest BCUT2D eigenvalue weighted by molar-refractivity contribution is 0.102. The lowest BCUT2D eigenvalue weighted by atomic mass is 9.88. The van der Waals surface area contributed by atoms with Gasteiger partial charge in [0.2, 0.25) is 0 Å². The number of rotatable bonds is 7. The number of fused-ring (bicyclic) bond motifs is 2. The largest absolute Gasteiger partial charge is 0.497 e. The minimum Gasteiger partial charge on any atom is -0.497 e. The molecule has 1 atom stereocenters. The zero-order valence-electron chi connectivity index (χ0n) is 21.9. The van der Waals surface area contributed by atoms with E-state index in [1.807, 2.05) is 18.2 Å². The van der Waals surface area contributed by atoms with Crippen molar-refractivity contribution in [2.45, 2.75) is 31.1 Å². The zero-order valence-corrected chi connectivity index (χ0v) is 24.4. The first kappa shape index (κ1) is 26.5. The number of carbonyl (C=O) groups excluding carboxylic acids is 1. The molecule has 0 saturated carbocycles. The van der Waals surface area contributed by atoms with Crippen LogP contribution in [0.1, 0.15) is 34.1 Å². The number of benzene rings is 3. The van der Waals surface area contributed by atoms with Gasteiger partial charge in [0.15, 0.2) is 0 Å². The van der Waals surface area contributed by atoms with Gasteiger partial charge in [0.25, 0.3) is 15.9 Å². The van der Waals surface area contributed by atoms with Crippen LogP contribution in [0.2, 0.25) is 0 Å². The van der Waals surface area contributed by atoms with Gasteiger partial charge in [0.1, 0.15) is 15.8 Å². The molecule has 2 aromatic heterocycles. The van der Waals surface area contributed by atoms with E-state index in [4.69, 9.17) is 9.72 Å². The van der Waals surface area contributed by atoms with E-state index < -0.39 is 10.0 Å². The molecule has 3 aromatic carbocycles. The van der Waals surface area contributed by atoms with Gasteiger partial charge in [-0.05, 0) is 85.3 Å². The predicted octanol–water partition coefficient (Wildman–Crippen LogP) is 7.21. The predicted molar refractivity (Wildman–Crippen MR) is 162 cm³/mol. The van der Waals surface area contributed by atoms with Crippen LogP contribution in [0.4, 0.5) is 10.7 Å². The van der Waals surface area contributed by atoms with Gasteiger partial charge in [-0.2, -0.15) is 0 Å². The van der Waals surface area contributed by atoms with Crippen LogP contribution in [-0.4, -0.2) is 26.4 Å². The van der Waals surface area contributed by atoms with Crippen LogP contribution < -0.4 is 14.8 Å². The summed E-state index contributed by atoms with van der Waals surface area (Å²) in [6, 6.07) is 20.7. The Labute approximate surface area is 240 Å². The van der Waals surface area contributed by atoms with Crippen LogP contribution in [-0.2, 0) is 22.9 Å². The Morgan fingerprint density at radius 2 is 1.82 bits per heavy atom. The molecule has 2 N–H and O–H groups in total. The topological polar surface area (TPSA) is 97.4 Å². The van der Waals surface area contributed by atoms with Crippen molar-refractivity contribution in [1.82, 2.24) is 4.98 Å². The van der Waals surface area contributed by atoms with E-state index in [1.165, 1.54) is 29.7 Å². The number of sulfonamides is 1. The highest BCUT2D eigenvalue weighted by molar-refractivity contribution is 7.92. The van der Waals surface area contributed by atoms with Crippen molar-refractivity contribution in [1.29, 1.82) is 0 Å². The van der Waals surface area contributed by atoms with Crippen molar-refractivity contribution in [3.63, 3.8) is 0 Å². The fraction of sp³-hybridized carbons (Fsp3) is 0.200. The number of aromatic nitrogens is 1. The molecule has 1 aliphatic rings. The van der Waals surface area contributed by atoms with E-state index in [9.17, 15) is 13.2 Å². The molecule has 1 amide bonds. The van der Waals surface area contributed by atoms with Crippen LogP contribution in [0.15, 0.2) is 77.7 Å². The molecule has 40 heavy (non-hydrogen) atoms. The van der Waals surface area contributed by atoms with Gasteiger partial charge in [0.05, 0.1) is 22.2 Å². The highest BCUT2D eigenvalue weighted by Crippen LogP contribution is 2.47. The van der Waals surface area contributed by atoms with Gasteiger partial charge in [-0.3, -0.25) is 9.52 Å². The second-order valence-electron chi connectivity index (χ2n) is 9.86. The second-order valence-corrected chi connectivity index (χ2v) is 13.7. The first-order valence-corrected chi connectivity index (χ1v) is 16.0. The number of nitrogens with one attached hydrogen (secondary N) is 2. The summed E-state index contributed by atoms with van der Waals surface area (Å²) in [5, 5.41) is 4.82. The molecule has 0 fully saturated rings. The van der Waals surface area contributed by atoms with Crippen LogP contribution in [0.5, 0.6) is 5.75 Å². The first-order chi connectivity index (χ1) is 19.3. The Morgan fingerprint density at radius 3 is 2.60 bits per heavy atom. The van der Waals surface area contributed by atoms with E-state index in [2.05, 4.69) is 23.0 Å². The van der Waals surface area contributed by atoms with E-state index in [0.29, 0.717) is 22.9 Å². The number of anilines is 2. The quantitative estimate of drug-likeness (QED) is 0.209. The molecule has 204 valence electrons. The first-order valence-electron chi connectivity index (χ1n) is 12.9. The second kappa shape index (κ2) is 10.7. The number of methoxy groups -OCH3 is 1. The van der Waals surface area contributed by atoms with Gasteiger partial charge >= 0.3 is 0 Å². The number of hydrogen-bond donors (Lipinski definition) is 2. The van der Waals surface area contributed by atoms with Crippen molar-refractivity contribution in [3.8, 4) is 16.3 Å². The van der Waals surface area contributed by atoms with E-state index in [1.54, 1.807) is 59.1 Å². The minimum absolute atomic E-state index is 0.0991. The molecule has 1 unspecified atom stereocenters. The molecule has 5 aromatic rings. The molecule has 0 spiro atoms. The standard InChI is InChI=1S/C30H27N3O4S3/c1-18-10-15-23-26(16-18)39-30(27(23)29-31-24-8-3-4-9-25(24)38-29)32-28(34)19-6-5-7-20(17-19)33-40(35,36)22-13-11-21(37-2)12-14-22/h3-9,11-14,17-18,33H,10,15-16H2,1-2H3,(H,32,34). The highest BCUT2D eigenvalue weighted by Gasteiger charge is 2.27. The number of ether oxygens (including phenoxy) is 1. The average Bonchev–Trinajstić information content (AvgIpc) is 3.53. The monoisotopic (exact) mass is 589 g/mol. The van der Waals surface area contributed by atoms with Gasteiger partial charge < -0.3 is 10.1 Å². The number of amides is 1. The highest BCUT2D eigenvalue weighted by atomic mass is 32.2. The Morgan fingerprint density at radius 1 is 1.02 bits per heavy atom. The third-order valence-electron chi connectivity index (χ3n) is 6.99. The number of hydrogen-bond acceptors (Lipinski definition) is 7. The van der Waals surface area contributed by atoms with Gasteiger partial charge in [-0.15, -0.1) is 22.7 Å². The fourth-order valence-corrected chi connectivity index (χ4v) is 8.48. The molecule has 7 nitrogen and oxygen atoms in total. The van der Waals surface area contributed by atoms with Gasteiger partial charge in [-0.1, -0.05) is 25.1 Å². The molecule has 6 rings (SSSR count). The maximum Gasteiger partial charge on any atom is 0.261 e. The SMILES string of the molecule is COc1ccc(S(=O)(=O)Nc2cccc(C(=O)Nc3sc4c(c3-c3nc5ccccc5s3)CCC(C)C4)c2)cc1. The van der Waals surface area contributed by atoms with Crippen LogP contribution in [0, 0.1) is 5.92 Å². The summed E-state index contributed by atoms with van der Waals surface area (Å²) in [5.41, 5.74) is 3.89. The lowest BCUT2D eigenvalue weighted by Gasteiger charge is -2.18. The third kappa shape index (κ3) is 5.22. The van der Waals surface area contributed by atoms with Gasteiger partial charge in [-0.25, -0.2) is 13.4 Å². The van der Waals surface area contributed by atoms with Crippen LogP contribution in [0.25, 0.3) is 20.8 Å². The summed E-state index contributed by atoms with van der Waals surface area (Å²) < 4.78 is 34.7. The maximum atomic E-state index is 13.5. The Balaban J connectivity index is 1.29. The number of thiophene rings is 1. The smallest absolute Gasteiger partial charge is 0.261 e. The summed E-state index contributed by atoms with van der Waals surface area (Å²) in [7, 11) is -2.32. The Hall–Kier alpha value is -3.73. The summed E-state index contributed by atoms with van der Waals surface area (Å²) in [4.78, 5) is 19.8. The number of thiazole rings is 1. The normalized spacial score (nSPS) is 15.0. The number of carbonyl (C=O) groups is 1. The van der Waals surface area contributed by atoms with Crippen molar-refractivity contribution < 1.29 is 17.9 Å². The molecular formula is C30H27N3O4S3. The van der Waals surface area contributed by atoms with Crippen molar-refractivity contribution in [3.05, 3.63) is 88.8 Å². The van der Waals surface area contributed by atoms with E-state index in [0.717, 1.165) is 45.1 Å². The maximum absolute atomic E-state index is 13.5. The molecule has 0 saturated heterocycles. The van der Waals surface area contributed by atoms with Crippen molar-refractivity contribution in [2.24, 2.45) is 5.92 Å².